The minimum atomic E-state index is -0.122. The number of halogens is 1. The maximum atomic E-state index is 11.1. The maximum Gasteiger partial charge on any atom is 0.305 e. The highest BCUT2D eigenvalue weighted by Crippen LogP contribution is 2.33. The Balaban J connectivity index is 0.00000450. The molecule has 0 radical (unpaired) electrons. The first-order chi connectivity index (χ1) is 14.1. The number of ether oxygens (including phenoxy) is 2. The molecule has 0 spiro atoms. The standard InChI is InChI=1S/C23H37N3O3.HI/c1-18-11-13-19(14-12-18)22-20(9-8-16-29-22)17-26-23(24-2)25-15-7-5-4-6-10-21(27)28-3;/h11-14,20,22H,4-10,15-17H2,1-3H3,(H2,24,25,26);1H. The number of unbranched alkanes of at least 4 members (excludes halogenated alkanes) is 3. The lowest BCUT2D eigenvalue weighted by molar-refractivity contribution is -0.140. The van der Waals surface area contributed by atoms with E-state index in [0.29, 0.717) is 12.3 Å². The molecule has 0 bridgehead atoms. The highest BCUT2D eigenvalue weighted by Gasteiger charge is 2.27. The minimum Gasteiger partial charge on any atom is -0.469 e. The van der Waals surface area contributed by atoms with Gasteiger partial charge in [-0.05, 0) is 38.2 Å². The van der Waals surface area contributed by atoms with Gasteiger partial charge in [-0.2, -0.15) is 0 Å². The fourth-order valence-corrected chi connectivity index (χ4v) is 3.68. The van der Waals surface area contributed by atoms with Gasteiger partial charge in [-0.3, -0.25) is 9.79 Å². The first kappa shape index (κ1) is 26.7. The van der Waals surface area contributed by atoms with Gasteiger partial charge in [-0.15, -0.1) is 24.0 Å². The molecule has 1 aromatic rings. The summed E-state index contributed by atoms with van der Waals surface area (Å²) in [6.45, 7) is 4.66. The summed E-state index contributed by atoms with van der Waals surface area (Å²) in [5.74, 6) is 1.15. The first-order valence-corrected chi connectivity index (χ1v) is 10.8. The SMILES string of the molecule is CN=C(NCCCCCCC(=O)OC)NCC1CCCOC1c1ccc(C)cc1.I. The van der Waals surface area contributed by atoms with Crippen LogP contribution >= 0.6 is 24.0 Å². The number of esters is 1. The second-order valence-electron chi connectivity index (χ2n) is 7.72. The Kier molecular flexibility index (Phi) is 13.7. The van der Waals surface area contributed by atoms with E-state index in [4.69, 9.17) is 4.74 Å². The lowest BCUT2D eigenvalue weighted by atomic mass is 9.89. The number of carbonyl (C=O) groups excluding carboxylic acids is 1. The van der Waals surface area contributed by atoms with Crippen molar-refractivity contribution in [2.45, 2.75) is 58.0 Å². The van der Waals surface area contributed by atoms with Crippen LogP contribution in [0.3, 0.4) is 0 Å². The van der Waals surface area contributed by atoms with Crippen LogP contribution in [0.4, 0.5) is 0 Å². The van der Waals surface area contributed by atoms with Gasteiger partial charge in [0.25, 0.3) is 0 Å². The fraction of sp³-hybridized carbons (Fsp3) is 0.652. The topological polar surface area (TPSA) is 72.0 Å². The van der Waals surface area contributed by atoms with Gasteiger partial charge in [0.15, 0.2) is 5.96 Å². The zero-order chi connectivity index (χ0) is 20.9. The molecule has 1 aliphatic heterocycles. The normalized spacial score (nSPS) is 19.0. The summed E-state index contributed by atoms with van der Waals surface area (Å²) in [7, 11) is 3.24. The van der Waals surface area contributed by atoms with E-state index < -0.39 is 0 Å². The molecule has 30 heavy (non-hydrogen) atoms. The zero-order valence-corrected chi connectivity index (χ0v) is 20.9. The molecule has 6 nitrogen and oxygen atoms in total. The summed E-state index contributed by atoms with van der Waals surface area (Å²) in [5.41, 5.74) is 2.53. The lowest BCUT2D eigenvalue weighted by Crippen LogP contribution is -2.42. The summed E-state index contributed by atoms with van der Waals surface area (Å²) in [5, 5.41) is 6.86. The van der Waals surface area contributed by atoms with E-state index in [-0.39, 0.29) is 36.0 Å². The van der Waals surface area contributed by atoms with Crippen LogP contribution in [-0.4, -0.2) is 45.8 Å². The van der Waals surface area contributed by atoms with Gasteiger partial charge in [-0.1, -0.05) is 42.7 Å². The maximum absolute atomic E-state index is 11.1. The van der Waals surface area contributed by atoms with Crippen molar-refractivity contribution in [1.82, 2.24) is 10.6 Å². The molecule has 7 heteroatoms. The van der Waals surface area contributed by atoms with Crippen LogP contribution in [0.5, 0.6) is 0 Å². The summed E-state index contributed by atoms with van der Waals surface area (Å²) in [4.78, 5) is 15.4. The van der Waals surface area contributed by atoms with Crippen LogP contribution < -0.4 is 10.6 Å². The number of hydrogen-bond donors (Lipinski definition) is 2. The molecular formula is C23H38IN3O3. The summed E-state index contributed by atoms with van der Waals surface area (Å²) < 4.78 is 10.8. The van der Waals surface area contributed by atoms with Crippen LogP contribution in [0, 0.1) is 12.8 Å². The van der Waals surface area contributed by atoms with Crippen molar-refractivity contribution in [2.24, 2.45) is 10.9 Å². The van der Waals surface area contributed by atoms with Crippen LogP contribution in [0.2, 0.25) is 0 Å². The molecule has 170 valence electrons. The first-order valence-electron chi connectivity index (χ1n) is 10.8. The van der Waals surface area contributed by atoms with Gasteiger partial charge in [0.2, 0.25) is 0 Å². The number of benzene rings is 1. The van der Waals surface area contributed by atoms with Crippen molar-refractivity contribution < 1.29 is 14.3 Å². The predicted molar refractivity (Wildman–Crippen MR) is 132 cm³/mol. The Bertz CT molecular complexity index is 637. The van der Waals surface area contributed by atoms with Crippen molar-refractivity contribution in [3.05, 3.63) is 35.4 Å². The summed E-state index contributed by atoms with van der Waals surface area (Å²) in [6, 6.07) is 8.68. The molecule has 1 aliphatic rings. The van der Waals surface area contributed by atoms with Gasteiger partial charge >= 0.3 is 5.97 Å². The van der Waals surface area contributed by atoms with Crippen LogP contribution in [-0.2, 0) is 14.3 Å². The number of rotatable bonds is 10. The van der Waals surface area contributed by atoms with Gasteiger partial charge in [0.05, 0.1) is 13.2 Å². The van der Waals surface area contributed by atoms with Crippen molar-refractivity contribution in [3.63, 3.8) is 0 Å². The Morgan fingerprint density at radius 2 is 1.90 bits per heavy atom. The van der Waals surface area contributed by atoms with E-state index in [1.165, 1.54) is 18.2 Å². The van der Waals surface area contributed by atoms with E-state index in [2.05, 4.69) is 51.6 Å². The number of aryl methyl sites for hydroxylation is 1. The number of carbonyl (C=O) groups is 1. The predicted octanol–water partition coefficient (Wildman–Crippen LogP) is 4.37. The molecule has 0 saturated carbocycles. The van der Waals surface area contributed by atoms with E-state index in [0.717, 1.165) is 64.2 Å². The Morgan fingerprint density at radius 1 is 1.17 bits per heavy atom. The zero-order valence-electron chi connectivity index (χ0n) is 18.6. The molecule has 2 unspecified atom stereocenters. The second-order valence-corrected chi connectivity index (χ2v) is 7.72. The van der Waals surface area contributed by atoms with Crippen LogP contribution in [0.1, 0.15) is 62.2 Å². The molecule has 0 aromatic heterocycles. The van der Waals surface area contributed by atoms with Crippen LogP contribution in [0.15, 0.2) is 29.3 Å². The lowest BCUT2D eigenvalue weighted by Gasteiger charge is -2.32. The summed E-state index contributed by atoms with van der Waals surface area (Å²) in [6.07, 6.45) is 6.99. The average molecular weight is 531 g/mol. The van der Waals surface area contributed by atoms with Crippen molar-refractivity contribution in [2.75, 3.05) is 33.9 Å². The number of guanidine groups is 1. The highest BCUT2D eigenvalue weighted by atomic mass is 127. The van der Waals surface area contributed by atoms with E-state index >= 15 is 0 Å². The molecule has 1 heterocycles. The monoisotopic (exact) mass is 531 g/mol. The Morgan fingerprint density at radius 3 is 2.60 bits per heavy atom. The van der Waals surface area contributed by atoms with Crippen molar-refractivity contribution in [3.8, 4) is 0 Å². The van der Waals surface area contributed by atoms with Gasteiger partial charge < -0.3 is 20.1 Å². The number of nitrogens with zero attached hydrogens (tertiary/aromatic N) is 1. The largest absolute Gasteiger partial charge is 0.469 e. The molecule has 0 aliphatic carbocycles. The van der Waals surface area contributed by atoms with E-state index in [1.54, 1.807) is 7.05 Å². The molecule has 0 amide bonds. The smallest absolute Gasteiger partial charge is 0.305 e. The molecule has 1 fully saturated rings. The third-order valence-electron chi connectivity index (χ3n) is 5.43. The average Bonchev–Trinajstić information content (AvgIpc) is 2.75. The third-order valence-corrected chi connectivity index (χ3v) is 5.43. The molecule has 2 rings (SSSR count). The molecular weight excluding hydrogens is 493 g/mol. The second kappa shape index (κ2) is 15.5. The quantitative estimate of drug-likeness (QED) is 0.154. The Labute approximate surface area is 198 Å². The third kappa shape index (κ3) is 9.64. The molecule has 2 atom stereocenters. The molecule has 2 N–H and O–H groups in total. The molecule has 1 saturated heterocycles. The van der Waals surface area contributed by atoms with Crippen LogP contribution in [0.25, 0.3) is 0 Å². The van der Waals surface area contributed by atoms with E-state index in [9.17, 15) is 4.79 Å². The highest BCUT2D eigenvalue weighted by molar-refractivity contribution is 14.0. The van der Waals surface area contributed by atoms with Crippen molar-refractivity contribution in [1.29, 1.82) is 0 Å². The van der Waals surface area contributed by atoms with Crippen molar-refractivity contribution >= 4 is 35.9 Å². The fourth-order valence-electron chi connectivity index (χ4n) is 3.68. The minimum absolute atomic E-state index is 0. The van der Waals surface area contributed by atoms with E-state index in [1.807, 2.05) is 0 Å². The molecule has 1 aromatic carbocycles. The Hall–Kier alpha value is -1.35. The number of hydrogen-bond acceptors (Lipinski definition) is 4. The summed E-state index contributed by atoms with van der Waals surface area (Å²) >= 11 is 0. The van der Waals surface area contributed by atoms with Gasteiger partial charge in [0, 0.05) is 39.1 Å². The number of methoxy groups -OCH3 is 1. The van der Waals surface area contributed by atoms with Gasteiger partial charge in [0.1, 0.15) is 0 Å². The number of aliphatic imine (C=N–C) groups is 1. The van der Waals surface area contributed by atoms with Gasteiger partial charge in [-0.25, -0.2) is 0 Å². The number of nitrogens with one attached hydrogen (secondary N) is 2.